The second-order valence-corrected chi connectivity index (χ2v) is 5.49. The normalized spacial score (nSPS) is 12.6. The molecule has 1 unspecified atom stereocenters. The van der Waals surface area contributed by atoms with Crippen molar-refractivity contribution in [3.8, 4) is 5.75 Å². The molecule has 1 rings (SSSR count). The van der Waals surface area contributed by atoms with Crippen LogP contribution in [-0.2, 0) is 0 Å². The summed E-state index contributed by atoms with van der Waals surface area (Å²) < 4.78 is 5.62. The van der Waals surface area contributed by atoms with E-state index in [-0.39, 0.29) is 0 Å². The third-order valence-electron chi connectivity index (χ3n) is 3.66. The Balaban J connectivity index is 2.68. The topological polar surface area (TPSA) is 32.7 Å². The van der Waals surface area contributed by atoms with Gasteiger partial charge in [0.1, 0.15) is 5.75 Å². The minimum atomic E-state index is -0.485. The first-order valence-electron chi connectivity index (χ1n) is 8.35. The molecule has 0 saturated heterocycles. The third-order valence-corrected chi connectivity index (χ3v) is 3.66. The molecule has 0 aliphatic carbocycles. The summed E-state index contributed by atoms with van der Waals surface area (Å²) in [6.45, 7) is 9.81. The van der Waals surface area contributed by atoms with E-state index >= 15 is 0 Å². The van der Waals surface area contributed by atoms with Crippen LogP contribution in [0.15, 0.2) is 24.3 Å². The van der Waals surface area contributed by atoms with Crippen molar-refractivity contribution >= 4 is 0 Å². The number of aliphatic hydroxyl groups excluding tert-OH is 1. The Morgan fingerprint density at radius 2 is 1.67 bits per heavy atom. The number of benzene rings is 1. The average Bonchev–Trinajstić information content (AvgIpc) is 2.50. The highest BCUT2D eigenvalue weighted by Crippen LogP contribution is 2.25. The summed E-state index contributed by atoms with van der Waals surface area (Å²) in [5.74, 6) is 0.804. The molecule has 1 aromatic rings. The van der Waals surface area contributed by atoms with Gasteiger partial charge in [0, 0.05) is 12.1 Å². The number of ether oxygens (including phenoxy) is 1. The molecular formula is C18H31NO2. The standard InChI is InChI=1S/C18H31NO2/c1-4-7-13-19(14-8-5-2)15-17(20)16-11-9-10-12-18(16)21-6-3/h9-12,17,20H,4-8,13-15H2,1-3H3. The summed E-state index contributed by atoms with van der Waals surface area (Å²) in [7, 11) is 0. The highest BCUT2D eigenvalue weighted by atomic mass is 16.5. The lowest BCUT2D eigenvalue weighted by Crippen LogP contribution is -2.31. The molecule has 0 heterocycles. The van der Waals surface area contributed by atoms with Crippen LogP contribution in [0.4, 0.5) is 0 Å². The number of rotatable bonds is 11. The van der Waals surface area contributed by atoms with E-state index in [4.69, 9.17) is 4.74 Å². The second kappa shape index (κ2) is 10.6. The number of unbranched alkanes of at least 4 members (excludes halogenated alkanes) is 2. The Kier molecular flexibility index (Phi) is 9.11. The maximum Gasteiger partial charge on any atom is 0.125 e. The molecule has 120 valence electrons. The lowest BCUT2D eigenvalue weighted by molar-refractivity contribution is 0.108. The van der Waals surface area contributed by atoms with Gasteiger partial charge < -0.3 is 14.7 Å². The van der Waals surface area contributed by atoms with Crippen LogP contribution in [0.2, 0.25) is 0 Å². The van der Waals surface area contributed by atoms with Crippen molar-refractivity contribution in [3.63, 3.8) is 0 Å². The van der Waals surface area contributed by atoms with Crippen molar-refractivity contribution in [1.82, 2.24) is 4.90 Å². The minimum Gasteiger partial charge on any atom is -0.493 e. The zero-order valence-corrected chi connectivity index (χ0v) is 13.8. The van der Waals surface area contributed by atoms with Gasteiger partial charge in [0.15, 0.2) is 0 Å². The van der Waals surface area contributed by atoms with E-state index in [1.165, 1.54) is 25.7 Å². The summed E-state index contributed by atoms with van der Waals surface area (Å²) in [4.78, 5) is 2.38. The molecule has 21 heavy (non-hydrogen) atoms. The van der Waals surface area contributed by atoms with Crippen LogP contribution < -0.4 is 4.74 Å². The van der Waals surface area contributed by atoms with Crippen LogP contribution in [0, 0.1) is 0 Å². The lowest BCUT2D eigenvalue weighted by Gasteiger charge is -2.26. The Morgan fingerprint density at radius 1 is 1.05 bits per heavy atom. The first kappa shape index (κ1) is 18.0. The van der Waals surface area contributed by atoms with Crippen molar-refractivity contribution in [2.24, 2.45) is 0 Å². The van der Waals surface area contributed by atoms with Crippen molar-refractivity contribution in [2.45, 2.75) is 52.6 Å². The molecule has 0 spiro atoms. The van der Waals surface area contributed by atoms with Gasteiger partial charge in [-0.05, 0) is 38.9 Å². The molecule has 3 heteroatoms. The molecule has 0 radical (unpaired) electrons. The third kappa shape index (κ3) is 6.49. The summed E-state index contributed by atoms with van der Waals surface area (Å²) >= 11 is 0. The number of nitrogens with zero attached hydrogens (tertiary/aromatic N) is 1. The van der Waals surface area contributed by atoms with Gasteiger partial charge in [-0.2, -0.15) is 0 Å². The van der Waals surface area contributed by atoms with Gasteiger partial charge in [-0.1, -0.05) is 44.9 Å². The molecule has 0 amide bonds. The van der Waals surface area contributed by atoms with E-state index in [1.54, 1.807) is 0 Å². The maximum atomic E-state index is 10.6. The zero-order chi connectivity index (χ0) is 15.5. The van der Waals surface area contributed by atoms with Gasteiger partial charge in [0.05, 0.1) is 12.7 Å². The molecule has 3 nitrogen and oxygen atoms in total. The molecule has 0 fully saturated rings. The molecule has 0 aromatic heterocycles. The fraction of sp³-hybridized carbons (Fsp3) is 0.667. The molecule has 1 atom stereocenters. The number of aliphatic hydroxyl groups is 1. The van der Waals surface area contributed by atoms with Crippen LogP contribution in [0.25, 0.3) is 0 Å². The fourth-order valence-corrected chi connectivity index (χ4v) is 2.44. The summed E-state index contributed by atoms with van der Waals surface area (Å²) in [6.07, 6.45) is 4.26. The van der Waals surface area contributed by atoms with E-state index < -0.39 is 6.10 Å². The first-order valence-corrected chi connectivity index (χ1v) is 8.35. The SMILES string of the molecule is CCCCN(CCCC)CC(O)c1ccccc1OCC. The summed E-state index contributed by atoms with van der Waals surface area (Å²) in [6, 6.07) is 7.81. The van der Waals surface area contributed by atoms with E-state index in [0.29, 0.717) is 13.2 Å². The van der Waals surface area contributed by atoms with Crippen molar-refractivity contribution in [2.75, 3.05) is 26.2 Å². The highest BCUT2D eigenvalue weighted by molar-refractivity contribution is 5.35. The molecule has 1 aromatic carbocycles. The molecular weight excluding hydrogens is 262 g/mol. The molecule has 0 aliphatic heterocycles. The highest BCUT2D eigenvalue weighted by Gasteiger charge is 2.16. The minimum absolute atomic E-state index is 0.485. The van der Waals surface area contributed by atoms with Crippen LogP contribution >= 0.6 is 0 Å². The number of hydrogen-bond acceptors (Lipinski definition) is 3. The molecule has 0 aliphatic rings. The molecule has 0 bridgehead atoms. The zero-order valence-electron chi connectivity index (χ0n) is 13.8. The van der Waals surface area contributed by atoms with E-state index in [0.717, 1.165) is 24.4 Å². The first-order chi connectivity index (χ1) is 10.2. The number of para-hydroxylation sites is 1. The van der Waals surface area contributed by atoms with Gasteiger partial charge in [0.2, 0.25) is 0 Å². The Hall–Kier alpha value is -1.06. The maximum absolute atomic E-state index is 10.6. The quantitative estimate of drug-likeness (QED) is 0.669. The van der Waals surface area contributed by atoms with Gasteiger partial charge in [-0.15, -0.1) is 0 Å². The van der Waals surface area contributed by atoms with Crippen LogP contribution in [-0.4, -0.2) is 36.2 Å². The lowest BCUT2D eigenvalue weighted by atomic mass is 10.1. The summed E-state index contributed by atoms with van der Waals surface area (Å²) in [5.41, 5.74) is 0.900. The Morgan fingerprint density at radius 3 is 2.24 bits per heavy atom. The largest absolute Gasteiger partial charge is 0.493 e. The van der Waals surface area contributed by atoms with Crippen molar-refractivity contribution in [3.05, 3.63) is 29.8 Å². The Labute approximate surface area is 129 Å². The predicted octanol–water partition coefficient (Wildman–Crippen LogP) is 4.02. The van der Waals surface area contributed by atoms with Gasteiger partial charge in [-0.25, -0.2) is 0 Å². The summed E-state index contributed by atoms with van der Waals surface area (Å²) in [5, 5.41) is 10.6. The predicted molar refractivity (Wildman–Crippen MR) is 88.8 cm³/mol. The van der Waals surface area contributed by atoms with Gasteiger partial charge in [-0.3, -0.25) is 0 Å². The van der Waals surface area contributed by atoms with E-state index in [9.17, 15) is 5.11 Å². The van der Waals surface area contributed by atoms with E-state index in [2.05, 4.69) is 18.7 Å². The molecule has 1 N–H and O–H groups in total. The van der Waals surface area contributed by atoms with Crippen LogP contribution in [0.5, 0.6) is 5.75 Å². The van der Waals surface area contributed by atoms with E-state index in [1.807, 2.05) is 31.2 Å². The number of hydrogen-bond donors (Lipinski definition) is 1. The Bertz CT molecular complexity index is 373. The van der Waals surface area contributed by atoms with Crippen LogP contribution in [0.3, 0.4) is 0 Å². The van der Waals surface area contributed by atoms with Gasteiger partial charge >= 0.3 is 0 Å². The second-order valence-electron chi connectivity index (χ2n) is 5.49. The smallest absolute Gasteiger partial charge is 0.125 e. The van der Waals surface area contributed by atoms with Crippen molar-refractivity contribution < 1.29 is 9.84 Å². The monoisotopic (exact) mass is 293 g/mol. The van der Waals surface area contributed by atoms with Crippen LogP contribution in [0.1, 0.15) is 58.1 Å². The average molecular weight is 293 g/mol. The van der Waals surface area contributed by atoms with Crippen molar-refractivity contribution in [1.29, 1.82) is 0 Å². The molecule has 0 saturated carbocycles. The fourth-order valence-electron chi connectivity index (χ4n) is 2.44. The van der Waals surface area contributed by atoms with Gasteiger partial charge in [0.25, 0.3) is 0 Å².